The first-order valence-electron chi connectivity index (χ1n) is 4.38. The zero-order chi connectivity index (χ0) is 12.8. The van der Waals surface area contributed by atoms with E-state index >= 15 is 0 Å². The monoisotopic (exact) mass is 288 g/mol. The van der Waals surface area contributed by atoms with Crippen LogP contribution in [0, 0.1) is 17.8 Å². The molecule has 0 rings (SSSR count). The molecule has 0 fully saturated rings. The molecule has 0 amide bonds. The second kappa shape index (κ2) is 6.33. The summed E-state index contributed by atoms with van der Waals surface area (Å²) in [4.78, 5) is 23.4. The average molecular weight is 289 g/mol. The molecule has 5 heteroatoms. The molecule has 0 aromatic rings. The van der Waals surface area contributed by atoms with E-state index in [0.717, 1.165) is 0 Å². The number of rotatable bonds is 5. The Morgan fingerprint density at radius 1 is 1.38 bits per heavy atom. The van der Waals surface area contributed by atoms with Crippen LogP contribution in [0.15, 0.2) is 11.1 Å². The zero-order valence-corrected chi connectivity index (χ0v) is 10.8. The predicted octanol–water partition coefficient (Wildman–Crippen LogP) is 1.64. The number of ether oxygens (including phenoxy) is 2. The van der Waals surface area contributed by atoms with Crippen molar-refractivity contribution in [1.82, 2.24) is 0 Å². The first-order chi connectivity index (χ1) is 7.44. The second-order valence-electron chi connectivity index (χ2n) is 3.14. The van der Waals surface area contributed by atoms with Gasteiger partial charge in [0.25, 0.3) is 0 Å². The van der Waals surface area contributed by atoms with Gasteiger partial charge in [0.1, 0.15) is 0 Å². The fraction of sp³-hybridized carbons (Fsp3) is 0.455. The molecular formula is C11H13BrO4. The molecule has 0 saturated carbocycles. The van der Waals surface area contributed by atoms with Crippen LogP contribution >= 0.6 is 15.9 Å². The van der Waals surface area contributed by atoms with Crippen molar-refractivity contribution < 1.29 is 19.1 Å². The third-order valence-corrected chi connectivity index (χ3v) is 2.33. The highest BCUT2D eigenvalue weighted by Crippen LogP contribution is 2.34. The minimum atomic E-state index is -1.52. The van der Waals surface area contributed by atoms with E-state index in [0.29, 0.717) is 4.48 Å². The molecule has 0 atom stereocenters. The second-order valence-corrected chi connectivity index (χ2v) is 4.26. The van der Waals surface area contributed by atoms with E-state index in [2.05, 4.69) is 37.9 Å². The zero-order valence-electron chi connectivity index (χ0n) is 9.21. The Hall–Kier alpha value is -1.28. The first-order valence-corrected chi connectivity index (χ1v) is 5.17. The summed E-state index contributed by atoms with van der Waals surface area (Å²) in [6.07, 6.45) is 5.10. The van der Waals surface area contributed by atoms with Crippen molar-refractivity contribution in [2.75, 3.05) is 14.2 Å². The van der Waals surface area contributed by atoms with Gasteiger partial charge in [-0.1, -0.05) is 22.5 Å². The number of carbonyl (C=O) groups excluding carboxylic acids is 2. The number of allylic oxidation sites excluding steroid dienone is 1. The van der Waals surface area contributed by atoms with Crippen LogP contribution in [-0.4, -0.2) is 26.2 Å². The maximum Gasteiger partial charge on any atom is 0.324 e. The third kappa shape index (κ3) is 3.11. The van der Waals surface area contributed by atoms with Gasteiger partial charge in [0.15, 0.2) is 5.41 Å². The van der Waals surface area contributed by atoms with Crippen molar-refractivity contribution in [2.24, 2.45) is 5.41 Å². The van der Waals surface area contributed by atoms with Gasteiger partial charge in [-0.25, -0.2) is 0 Å². The minimum absolute atomic E-state index is 0.0382. The number of halogens is 1. The summed E-state index contributed by atoms with van der Waals surface area (Å²) in [6.45, 7) is 3.59. The highest BCUT2D eigenvalue weighted by atomic mass is 79.9. The van der Waals surface area contributed by atoms with E-state index < -0.39 is 17.4 Å². The molecule has 4 nitrogen and oxygen atoms in total. The van der Waals surface area contributed by atoms with Gasteiger partial charge in [0.2, 0.25) is 0 Å². The molecule has 0 aromatic carbocycles. The lowest BCUT2D eigenvalue weighted by atomic mass is 9.81. The molecule has 88 valence electrons. The van der Waals surface area contributed by atoms with E-state index in [4.69, 9.17) is 6.42 Å². The van der Waals surface area contributed by atoms with E-state index in [1.807, 2.05) is 0 Å². The lowest BCUT2D eigenvalue weighted by Gasteiger charge is -2.25. The third-order valence-electron chi connectivity index (χ3n) is 2.05. The number of methoxy groups -OCH3 is 2. The van der Waals surface area contributed by atoms with Gasteiger partial charge in [0, 0.05) is 12.8 Å². The van der Waals surface area contributed by atoms with Gasteiger partial charge in [-0.05, 0) is 4.48 Å². The smallest absolute Gasteiger partial charge is 0.324 e. The van der Waals surface area contributed by atoms with Crippen molar-refractivity contribution >= 4 is 27.9 Å². The molecule has 0 aliphatic heterocycles. The Bertz CT molecular complexity index is 324. The fourth-order valence-corrected chi connectivity index (χ4v) is 1.81. The molecular weight excluding hydrogens is 276 g/mol. The molecule has 0 bridgehead atoms. The quantitative estimate of drug-likeness (QED) is 0.438. The summed E-state index contributed by atoms with van der Waals surface area (Å²) < 4.78 is 9.66. The molecule has 0 spiro atoms. The lowest BCUT2D eigenvalue weighted by molar-refractivity contribution is -0.168. The molecule has 0 heterocycles. The van der Waals surface area contributed by atoms with E-state index in [9.17, 15) is 9.59 Å². The van der Waals surface area contributed by atoms with E-state index in [1.54, 1.807) is 0 Å². The van der Waals surface area contributed by atoms with Crippen LogP contribution in [0.25, 0.3) is 0 Å². The van der Waals surface area contributed by atoms with Gasteiger partial charge in [-0.2, -0.15) is 0 Å². The van der Waals surface area contributed by atoms with E-state index in [1.165, 1.54) is 14.2 Å². The summed E-state index contributed by atoms with van der Waals surface area (Å²) in [5, 5.41) is 0. The minimum Gasteiger partial charge on any atom is -0.468 e. The topological polar surface area (TPSA) is 52.6 Å². The molecule has 0 radical (unpaired) electrons. The molecule has 0 saturated heterocycles. The van der Waals surface area contributed by atoms with Crippen LogP contribution < -0.4 is 0 Å². The van der Waals surface area contributed by atoms with Crippen LogP contribution in [0.4, 0.5) is 0 Å². The van der Waals surface area contributed by atoms with Gasteiger partial charge in [-0.3, -0.25) is 9.59 Å². The van der Waals surface area contributed by atoms with Gasteiger partial charge < -0.3 is 9.47 Å². The van der Waals surface area contributed by atoms with Gasteiger partial charge in [-0.15, -0.1) is 12.3 Å². The maximum atomic E-state index is 11.7. The highest BCUT2D eigenvalue weighted by Gasteiger charge is 2.48. The average Bonchev–Trinajstić information content (AvgIpc) is 2.25. The summed E-state index contributed by atoms with van der Waals surface area (Å²) >= 11 is 3.10. The molecule has 0 aliphatic carbocycles. The van der Waals surface area contributed by atoms with Crippen molar-refractivity contribution in [3.63, 3.8) is 0 Å². The summed E-state index contributed by atoms with van der Waals surface area (Å²) in [5.41, 5.74) is -1.52. The lowest BCUT2D eigenvalue weighted by Crippen LogP contribution is -2.41. The largest absolute Gasteiger partial charge is 0.468 e. The van der Waals surface area contributed by atoms with Gasteiger partial charge in [0.05, 0.1) is 14.2 Å². The Kier molecular flexibility index (Phi) is 5.83. The number of terminal acetylenes is 1. The molecule has 0 N–H and O–H groups in total. The summed E-state index contributed by atoms with van der Waals surface area (Å²) in [6, 6.07) is 0. The molecule has 16 heavy (non-hydrogen) atoms. The van der Waals surface area contributed by atoms with Crippen LogP contribution in [0.3, 0.4) is 0 Å². The Balaban J connectivity index is 5.39. The van der Waals surface area contributed by atoms with E-state index in [-0.39, 0.29) is 12.8 Å². The van der Waals surface area contributed by atoms with Crippen molar-refractivity contribution in [3.8, 4) is 12.3 Å². The van der Waals surface area contributed by atoms with Crippen molar-refractivity contribution in [3.05, 3.63) is 11.1 Å². The number of hydrogen-bond donors (Lipinski definition) is 0. The normalized spacial score (nSPS) is 10.1. The Labute approximate surface area is 103 Å². The van der Waals surface area contributed by atoms with Crippen molar-refractivity contribution in [1.29, 1.82) is 0 Å². The Morgan fingerprint density at radius 2 is 1.81 bits per heavy atom. The van der Waals surface area contributed by atoms with Crippen molar-refractivity contribution in [2.45, 2.75) is 12.8 Å². The molecule has 0 unspecified atom stereocenters. The number of hydrogen-bond acceptors (Lipinski definition) is 4. The molecule has 0 aliphatic rings. The van der Waals surface area contributed by atoms with Crippen LogP contribution in [0.1, 0.15) is 12.8 Å². The summed E-state index contributed by atoms with van der Waals surface area (Å²) in [7, 11) is 2.38. The number of carbonyl (C=O) groups is 2. The van der Waals surface area contributed by atoms with Gasteiger partial charge >= 0.3 is 11.9 Å². The molecule has 0 aromatic heterocycles. The number of esters is 2. The summed E-state index contributed by atoms with van der Waals surface area (Å²) in [5.74, 6) is 0.832. The van der Waals surface area contributed by atoms with Crippen LogP contribution in [-0.2, 0) is 19.1 Å². The highest BCUT2D eigenvalue weighted by molar-refractivity contribution is 9.11. The fourth-order valence-electron chi connectivity index (χ4n) is 1.33. The SMILES string of the molecule is C#CCC(CC(=C)Br)(C(=O)OC)C(=O)OC. The standard InChI is InChI=1S/C11H13BrO4/c1-5-6-11(7-8(2)12,9(13)15-3)10(14)16-4/h1H,2,6-7H2,3-4H3. The first kappa shape index (κ1) is 14.7. The predicted molar refractivity (Wildman–Crippen MR) is 62.6 cm³/mol. The maximum absolute atomic E-state index is 11.7. The van der Waals surface area contributed by atoms with Crippen LogP contribution in [0.2, 0.25) is 0 Å². The van der Waals surface area contributed by atoms with Crippen LogP contribution in [0.5, 0.6) is 0 Å². The Morgan fingerprint density at radius 3 is 2.06 bits per heavy atom.